The van der Waals surface area contributed by atoms with Crippen LogP contribution in [0.25, 0.3) is 0 Å². The second-order valence-corrected chi connectivity index (χ2v) is 5.05. The summed E-state index contributed by atoms with van der Waals surface area (Å²) in [5.41, 5.74) is 1.09. The van der Waals surface area contributed by atoms with Gasteiger partial charge in [-0.05, 0) is 50.4 Å². The fourth-order valence-corrected chi connectivity index (χ4v) is 2.24. The number of hydrogen-bond acceptors (Lipinski definition) is 3. The van der Waals surface area contributed by atoms with Crippen LogP contribution in [0.1, 0.15) is 36.8 Å². The first-order chi connectivity index (χ1) is 9.24. The fourth-order valence-electron chi connectivity index (χ4n) is 2.24. The smallest absolute Gasteiger partial charge is 0.127 e. The van der Waals surface area contributed by atoms with Crippen molar-refractivity contribution in [3.8, 4) is 6.07 Å². The molecule has 0 saturated heterocycles. The Morgan fingerprint density at radius 1 is 1.37 bits per heavy atom. The van der Waals surface area contributed by atoms with E-state index in [4.69, 9.17) is 10.4 Å². The van der Waals surface area contributed by atoms with Gasteiger partial charge in [-0.15, -0.1) is 0 Å². The van der Waals surface area contributed by atoms with Crippen LogP contribution < -0.4 is 0 Å². The quantitative estimate of drug-likeness (QED) is 0.768. The van der Waals surface area contributed by atoms with Crippen molar-refractivity contribution in [1.82, 2.24) is 4.90 Å². The predicted molar refractivity (Wildman–Crippen MR) is 70.9 cm³/mol. The number of rotatable bonds is 7. The zero-order chi connectivity index (χ0) is 13.7. The van der Waals surface area contributed by atoms with Crippen molar-refractivity contribution in [2.24, 2.45) is 0 Å². The van der Waals surface area contributed by atoms with E-state index in [-0.39, 0.29) is 12.4 Å². The molecule has 0 spiro atoms. The molecule has 0 aromatic heterocycles. The van der Waals surface area contributed by atoms with Gasteiger partial charge >= 0.3 is 0 Å². The summed E-state index contributed by atoms with van der Waals surface area (Å²) in [7, 11) is 0. The number of nitrogens with zero attached hydrogens (tertiary/aromatic N) is 2. The normalized spacial score (nSPS) is 14.6. The lowest BCUT2D eigenvalue weighted by Crippen LogP contribution is -2.27. The van der Waals surface area contributed by atoms with Crippen LogP contribution in [0.4, 0.5) is 4.39 Å². The molecule has 1 aliphatic carbocycles. The molecule has 0 amide bonds. The molecule has 1 aromatic rings. The van der Waals surface area contributed by atoms with Crippen LogP contribution in [0.3, 0.4) is 0 Å². The highest BCUT2D eigenvalue weighted by molar-refractivity contribution is 5.33. The molecule has 0 heterocycles. The maximum absolute atomic E-state index is 13.8. The fraction of sp³-hybridized carbons (Fsp3) is 0.533. The number of benzene rings is 1. The van der Waals surface area contributed by atoms with Gasteiger partial charge in [-0.1, -0.05) is 0 Å². The van der Waals surface area contributed by atoms with Crippen molar-refractivity contribution in [3.05, 3.63) is 35.1 Å². The number of unbranched alkanes of at least 4 members (excludes halogenated alkanes) is 1. The molecular weight excluding hydrogens is 243 g/mol. The Labute approximate surface area is 113 Å². The molecular formula is C15H19FN2O. The SMILES string of the molecule is N#Cc1ccc(F)c(CN(CCCCO)C2CC2)c1. The highest BCUT2D eigenvalue weighted by Gasteiger charge is 2.28. The molecule has 0 bridgehead atoms. The van der Waals surface area contributed by atoms with Crippen molar-refractivity contribution < 1.29 is 9.50 Å². The monoisotopic (exact) mass is 262 g/mol. The summed E-state index contributed by atoms with van der Waals surface area (Å²) in [5.74, 6) is -0.244. The van der Waals surface area contributed by atoms with E-state index in [1.54, 1.807) is 6.07 Å². The maximum atomic E-state index is 13.8. The Hall–Kier alpha value is -1.44. The lowest BCUT2D eigenvalue weighted by molar-refractivity contribution is 0.226. The summed E-state index contributed by atoms with van der Waals surface area (Å²) in [5, 5.41) is 17.7. The molecule has 0 unspecified atom stereocenters. The van der Waals surface area contributed by atoms with Gasteiger partial charge in [-0.3, -0.25) is 4.90 Å². The molecule has 2 rings (SSSR count). The largest absolute Gasteiger partial charge is 0.396 e. The number of halogens is 1. The van der Waals surface area contributed by atoms with Gasteiger partial charge in [0.15, 0.2) is 0 Å². The standard InChI is InChI=1S/C15H19FN2O/c16-15-6-3-12(10-17)9-13(15)11-18(14-4-5-14)7-1-2-8-19/h3,6,9,14,19H,1-2,4-5,7-8,11H2. The molecule has 4 heteroatoms. The first-order valence-corrected chi connectivity index (χ1v) is 6.78. The first-order valence-electron chi connectivity index (χ1n) is 6.78. The number of aliphatic hydroxyl groups excluding tert-OH is 1. The molecule has 1 N–H and O–H groups in total. The van der Waals surface area contributed by atoms with E-state index in [1.165, 1.54) is 25.0 Å². The predicted octanol–water partition coefficient (Wildman–Crippen LogP) is 2.43. The van der Waals surface area contributed by atoms with Crippen LogP contribution >= 0.6 is 0 Å². The minimum Gasteiger partial charge on any atom is -0.396 e. The molecule has 102 valence electrons. The van der Waals surface area contributed by atoms with E-state index in [1.807, 2.05) is 6.07 Å². The summed E-state index contributed by atoms with van der Waals surface area (Å²) in [4.78, 5) is 2.26. The van der Waals surface area contributed by atoms with E-state index in [2.05, 4.69) is 4.90 Å². The Balaban J connectivity index is 2.02. The van der Waals surface area contributed by atoms with Gasteiger partial charge in [0, 0.05) is 24.8 Å². The van der Waals surface area contributed by atoms with Crippen molar-refractivity contribution >= 4 is 0 Å². The number of nitriles is 1. The minimum absolute atomic E-state index is 0.205. The number of aliphatic hydroxyl groups is 1. The summed E-state index contributed by atoms with van der Waals surface area (Å²) in [6.45, 7) is 1.63. The van der Waals surface area contributed by atoms with Gasteiger partial charge in [0.1, 0.15) is 5.82 Å². The van der Waals surface area contributed by atoms with E-state index in [0.717, 1.165) is 19.4 Å². The van der Waals surface area contributed by atoms with Crippen molar-refractivity contribution in [2.45, 2.75) is 38.3 Å². The van der Waals surface area contributed by atoms with E-state index >= 15 is 0 Å². The number of hydrogen-bond donors (Lipinski definition) is 1. The third-order valence-electron chi connectivity index (χ3n) is 3.46. The van der Waals surface area contributed by atoms with Gasteiger partial charge in [0.2, 0.25) is 0 Å². The summed E-state index contributed by atoms with van der Waals surface area (Å²) in [6.07, 6.45) is 4.04. The molecule has 1 fully saturated rings. The third-order valence-corrected chi connectivity index (χ3v) is 3.46. The first kappa shape index (κ1) is 14.0. The van der Waals surface area contributed by atoms with Crippen LogP contribution in [0.5, 0.6) is 0 Å². The van der Waals surface area contributed by atoms with E-state index in [9.17, 15) is 4.39 Å². The summed E-state index contributed by atoms with van der Waals surface area (Å²) in [6, 6.07) is 7.10. The van der Waals surface area contributed by atoms with Gasteiger partial charge in [-0.2, -0.15) is 5.26 Å². The Kier molecular flexibility index (Phi) is 4.89. The van der Waals surface area contributed by atoms with Crippen LogP contribution in [-0.4, -0.2) is 29.2 Å². The van der Waals surface area contributed by atoms with Crippen molar-refractivity contribution in [1.29, 1.82) is 5.26 Å². The highest BCUT2D eigenvalue weighted by Crippen LogP contribution is 2.29. The lowest BCUT2D eigenvalue weighted by atomic mass is 10.1. The van der Waals surface area contributed by atoms with Crippen LogP contribution in [0.15, 0.2) is 18.2 Å². The molecule has 19 heavy (non-hydrogen) atoms. The van der Waals surface area contributed by atoms with Crippen molar-refractivity contribution in [2.75, 3.05) is 13.2 Å². The second-order valence-electron chi connectivity index (χ2n) is 5.05. The van der Waals surface area contributed by atoms with E-state index < -0.39 is 0 Å². The lowest BCUT2D eigenvalue weighted by Gasteiger charge is -2.22. The molecule has 1 saturated carbocycles. The third kappa shape index (κ3) is 4.02. The maximum Gasteiger partial charge on any atom is 0.127 e. The molecule has 1 aromatic carbocycles. The Morgan fingerprint density at radius 2 is 2.16 bits per heavy atom. The van der Waals surface area contributed by atoms with Crippen LogP contribution in [0, 0.1) is 17.1 Å². The van der Waals surface area contributed by atoms with Gasteiger partial charge in [-0.25, -0.2) is 4.39 Å². The molecule has 1 aliphatic rings. The van der Waals surface area contributed by atoms with E-state index in [0.29, 0.717) is 23.7 Å². The molecule has 0 aliphatic heterocycles. The van der Waals surface area contributed by atoms with Crippen LogP contribution in [0.2, 0.25) is 0 Å². The van der Waals surface area contributed by atoms with Crippen molar-refractivity contribution in [3.63, 3.8) is 0 Å². The average Bonchev–Trinajstić information content (AvgIpc) is 3.24. The van der Waals surface area contributed by atoms with Gasteiger partial charge in [0.25, 0.3) is 0 Å². The zero-order valence-corrected chi connectivity index (χ0v) is 11.0. The average molecular weight is 262 g/mol. The second kappa shape index (κ2) is 6.65. The highest BCUT2D eigenvalue weighted by atomic mass is 19.1. The van der Waals surface area contributed by atoms with Gasteiger partial charge < -0.3 is 5.11 Å². The minimum atomic E-state index is -0.244. The zero-order valence-electron chi connectivity index (χ0n) is 11.0. The molecule has 0 atom stereocenters. The summed E-state index contributed by atoms with van der Waals surface area (Å²) < 4.78 is 13.8. The van der Waals surface area contributed by atoms with Crippen LogP contribution in [-0.2, 0) is 6.54 Å². The Morgan fingerprint density at radius 3 is 2.79 bits per heavy atom. The summed E-state index contributed by atoms with van der Waals surface area (Å²) >= 11 is 0. The van der Waals surface area contributed by atoms with Gasteiger partial charge in [0.05, 0.1) is 11.6 Å². The Bertz CT molecular complexity index is 466. The topological polar surface area (TPSA) is 47.3 Å². The molecule has 0 radical (unpaired) electrons. The molecule has 3 nitrogen and oxygen atoms in total.